The van der Waals surface area contributed by atoms with Gasteiger partial charge in [0.05, 0.1) is 5.69 Å². The molecule has 2 aromatic carbocycles. The molecular weight excluding hydrogens is 389 g/mol. The average Bonchev–Trinajstić information content (AvgIpc) is 2.56. The van der Waals surface area contributed by atoms with Gasteiger partial charge in [0.1, 0.15) is 5.82 Å². The smallest absolute Gasteiger partial charge is 0.306 e. The molecule has 0 unspecified atom stereocenters. The van der Waals surface area contributed by atoms with Crippen LogP contribution >= 0.6 is 15.9 Å². The normalized spacial score (nSPS) is 11.7. The Morgan fingerprint density at radius 1 is 1.20 bits per heavy atom. The summed E-state index contributed by atoms with van der Waals surface area (Å²) in [6.07, 6.45) is -0.358. The van der Waals surface area contributed by atoms with Crippen LogP contribution in [0.25, 0.3) is 0 Å². The SMILES string of the molecule is Cc1ccc(NC(=O)[C@H](C)OC(=O)CCc2ccc(F)cc2)c(Br)c1. The van der Waals surface area contributed by atoms with Crippen LogP contribution in [0.2, 0.25) is 0 Å². The standard InChI is InChI=1S/C19H19BrFNO3/c1-12-3-9-17(16(20)11-12)22-19(24)13(2)25-18(23)10-6-14-4-7-15(21)8-5-14/h3-5,7-9,11,13H,6,10H2,1-2H3,(H,22,24)/t13-/m0/s1. The van der Waals surface area contributed by atoms with Gasteiger partial charge in [-0.05, 0) is 71.6 Å². The van der Waals surface area contributed by atoms with Crippen LogP contribution in [0.5, 0.6) is 0 Å². The summed E-state index contributed by atoms with van der Waals surface area (Å²) in [6, 6.07) is 11.5. The van der Waals surface area contributed by atoms with Crippen LogP contribution in [0, 0.1) is 12.7 Å². The van der Waals surface area contributed by atoms with E-state index in [2.05, 4.69) is 21.2 Å². The molecule has 0 heterocycles. The summed E-state index contributed by atoms with van der Waals surface area (Å²) < 4.78 is 18.7. The Kier molecular flexibility index (Phi) is 6.70. The lowest BCUT2D eigenvalue weighted by molar-refractivity contribution is -0.153. The molecule has 25 heavy (non-hydrogen) atoms. The van der Waals surface area contributed by atoms with E-state index in [1.54, 1.807) is 18.2 Å². The third-order valence-electron chi connectivity index (χ3n) is 3.59. The quantitative estimate of drug-likeness (QED) is 0.721. The Morgan fingerprint density at radius 3 is 2.52 bits per heavy atom. The van der Waals surface area contributed by atoms with Crippen LogP contribution in [0.1, 0.15) is 24.5 Å². The van der Waals surface area contributed by atoms with Gasteiger partial charge < -0.3 is 10.1 Å². The van der Waals surface area contributed by atoms with Crippen LogP contribution in [0.15, 0.2) is 46.9 Å². The number of hydrogen-bond acceptors (Lipinski definition) is 3. The van der Waals surface area contributed by atoms with Gasteiger partial charge in [0, 0.05) is 10.9 Å². The summed E-state index contributed by atoms with van der Waals surface area (Å²) >= 11 is 3.38. The predicted molar refractivity (Wildman–Crippen MR) is 97.8 cm³/mol. The molecule has 0 radical (unpaired) electrons. The number of carbonyl (C=O) groups is 2. The molecule has 0 aliphatic carbocycles. The van der Waals surface area contributed by atoms with Crippen LogP contribution in [0.3, 0.4) is 0 Å². The molecule has 1 atom stereocenters. The van der Waals surface area contributed by atoms with E-state index in [4.69, 9.17) is 4.74 Å². The van der Waals surface area contributed by atoms with Crippen molar-refractivity contribution < 1.29 is 18.7 Å². The lowest BCUT2D eigenvalue weighted by Gasteiger charge is -2.14. The molecule has 132 valence electrons. The summed E-state index contributed by atoms with van der Waals surface area (Å²) in [7, 11) is 0. The largest absolute Gasteiger partial charge is 0.453 e. The fraction of sp³-hybridized carbons (Fsp3) is 0.263. The minimum absolute atomic E-state index is 0.122. The molecule has 0 fully saturated rings. The fourth-order valence-corrected chi connectivity index (χ4v) is 2.76. The Morgan fingerprint density at radius 2 is 1.88 bits per heavy atom. The maximum absolute atomic E-state index is 12.8. The number of amides is 1. The van der Waals surface area contributed by atoms with Crippen LogP contribution in [-0.4, -0.2) is 18.0 Å². The highest BCUT2D eigenvalue weighted by Gasteiger charge is 2.18. The second-order valence-corrected chi connectivity index (χ2v) is 6.59. The van der Waals surface area contributed by atoms with Crippen molar-refractivity contribution in [3.05, 3.63) is 63.9 Å². The van der Waals surface area contributed by atoms with Crippen molar-refractivity contribution in [1.29, 1.82) is 0 Å². The molecule has 0 saturated heterocycles. The highest BCUT2D eigenvalue weighted by Crippen LogP contribution is 2.23. The number of nitrogens with one attached hydrogen (secondary N) is 1. The summed E-state index contributed by atoms with van der Waals surface area (Å²) in [4.78, 5) is 24.0. The molecule has 2 rings (SSSR count). The summed E-state index contributed by atoms with van der Waals surface area (Å²) in [6.45, 7) is 3.47. The van der Waals surface area contributed by atoms with Gasteiger partial charge in [0.15, 0.2) is 6.10 Å². The minimum atomic E-state index is -0.908. The number of carbonyl (C=O) groups excluding carboxylic acids is 2. The van der Waals surface area contributed by atoms with Gasteiger partial charge in [0.2, 0.25) is 0 Å². The monoisotopic (exact) mass is 407 g/mol. The molecule has 0 spiro atoms. The zero-order valence-corrected chi connectivity index (χ0v) is 15.6. The molecule has 0 aromatic heterocycles. The lowest BCUT2D eigenvalue weighted by atomic mass is 10.1. The molecular formula is C19H19BrFNO3. The third kappa shape index (κ3) is 5.98. The van der Waals surface area contributed by atoms with Crippen molar-refractivity contribution in [2.45, 2.75) is 32.8 Å². The molecule has 2 aromatic rings. The topological polar surface area (TPSA) is 55.4 Å². The molecule has 0 aliphatic rings. The number of aryl methyl sites for hydroxylation is 2. The van der Waals surface area contributed by atoms with Gasteiger partial charge in [-0.2, -0.15) is 0 Å². The van der Waals surface area contributed by atoms with E-state index >= 15 is 0 Å². The molecule has 1 N–H and O–H groups in total. The summed E-state index contributed by atoms with van der Waals surface area (Å²) in [5.41, 5.74) is 2.51. The van der Waals surface area contributed by atoms with Gasteiger partial charge in [-0.3, -0.25) is 9.59 Å². The van der Waals surface area contributed by atoms with E-state index in [0.29, 0.717) is 12.1 Å². The van der Waals surface area contributed by atoms with E-state index in [1.165, 1.54) is 19.1 Å². The lowest BCUT2D eigenvalue weighted by Crippen LogP contribution is -2.30. The molecule has 0 bridgehead atoms. The Bertz CT molecular complexity index is 762. The first-order chi connectivity index (χ1) is 11.8. The number of rotatable bonds is 6. The van der Waals surface area contributed by atoms with E-state index < -0.39 is 18.0 Å². The molecule has 0 aliphatic heterocycles. The van der Waals surface area contributed by atoms with Gasteiger partial charge in [-0.25, -0.2) is 4.39 Å². The van der Waals surface area contributed by atoms with Crippen molar-refractivity contribution in [2.75, 3.05) is 5.32 Å². The predicted octanol–water partition coefficient (Wildman–Crippen LogP) is 4.40. The first-order valence-corrected chi connectivity index (χ1v) is 8.65. The molecule has 6 heteroatoms. The average molecular weight is 408 g/mol. The fourth-order valence-electron chi connectivity index (χ4n) is 2.16. The van der Waals surface area contributed by atoms with E-state index in [1.807, 2.05) is 19.1 Å². The van der Waals surface area contributed by atoms with Crippen LogP contribution in [-0.2, 0) is 20.7 Å². The Labute approximate surface area is 154 Å². The zero-order valence-electron chi connectivity index (χ0n) is 14.0. The van der Waals surface area contributed by atoms with Crippen molar-refractivity contribution in [1.82, 2.24) is 0 Å². The Hall–Kier alpha value is -2.21. The summed E-state index contributed by atoms with van der Waals surface area (Å²) in [5.74, 6) is -1.20. The Balaban J connectivity index is 1.83. The number of benzene rings is 2. The van der Waals surface area contributed by atoms with Gasteiger partial charge >= 0.3 is 5.97 Å². The molecule has 1 amide bonds. The number of esters is 1. The van der Waals surface area contributed by atoms with Crippen molar-refractivity contribution in [2.24, 2.45) is 0 Å². The molecule has 0 saturated carbocycles. The first kappa shape index (κ1) is 19.1. The number of hydrogen-bond donors (Lipinski definition) is 1. The highest BCUT2D eigenvalue weighted by atomic mass is 79.9. The first-order valence-electron chi connectivity index (χ1n) is 7.86. The number of halogens is 2. The van der Waals surface area contributed by atoms with Gasteiger partial charge in [0.25, 0.3) is 5.91 Å². The highest BCUT2D eigenvalue weighted by molar-refractivity contribution is 9.10. The summed E-state index contributed by atoms with van der Waals surface area (Å²) in [5, 5.41) is 2.72. The number of ether oxygens (including phenoxy) is 1. The van der Waals surface area contributed by atoms with Crippen molar-refractivity contribution in [3.63, 3.8) is 0 Å². The zero-order chi connectivity index (χ0) is 18.4. The second-order valence-electron chi connectivity index (χ2n) is 5.73. The van der Waals surface area contributed by atoms with Crippen LogP contribution in [0.4, 0.5) is 10.1 Å². The second kappa shape index (κ2) is 8.76. The minimum Gasteiger partial charge on any atom is -0.453 e. The van der Waals surface area contributed by atoms with E-state index in [-0.39, 0.29) is 12.2 Å². The van der Waals surface area contributed by atoms with Gasteiger partial charge in [-0.15, -0.1) is 0 Å². The maximum atomic E-state index is 12.8. The van der Waals surface area contributed by atoms with Crippen molar-refractivity contribution in [3.8, 4) is 0 Å². The van der Waals surface area contributed by atoms with Crippen LogP contribution < -0.4 is 5.32 Å². The van der Waals surface area contributed by atoms with E-state index in [9.17, 15) is 14.0 Å². The van der Waals surface area contributed by atoms with Gasteiger partial charge in [-0.1, -0.05) is 18.2 Å². The maximum Gasteiger partial charge on any atom is 0.306 e. The number of anilines is 1. The molecule has 4 nitrogen and oxygen atoms in total. The third-order valence-corrected chi connectivity index (χ3v) is 4.25. The van der Waals surface area contributed by atoms with E-state index in [0.717, 1.165) is 15.6 Å². The van der Waals surface area contributed by atoms with Crippen molar-refractivity contribution >= 4 is 33.5 Å².